The average molecular weight is 324 g/mol. The minimum Gasteiger partial charge on any atom is -0.497 e. The molecular formula is C19H20N2O3. The molecule has 5 heteroatoms. The van der Waals surface area contributed by atoms with Crippen LogP contribution in [0.5, 0.6) is 11.5 Å². The van der Waals surface area contributed by atoms with E-state index < -0.39 is 0 Å². The van der Waals surface area contributed by atoms with Crippen LogP contribution in [-0.4, -0.2) is 31.2 Å². The molecule has 0 saturated heterocycles. The van der Waals surface area contributed by atoms with Crippen LogP contribution in [0.15, 0.2) is 54.7 Å². The molecule has 24 heavy (non-hydrogen) atoms. The molecule has 0 unspecified atom stereocenters. The summed E-state index contributed by atoms with van der Waals surface area (Å²) in [5, 5.41) is 3.96. The second-order valence-corrected chi connectivity index (χ2v) is 5.41. The predicted molar refractivity (Wildman–Crippen MR) is 93.5 cm³/mol. The minimum absolute atomic E-state index is 0.0194. The number of nitrogens with one attached hydrogen (secondary N) is 2. The van der Waals surface area contributed by atoms with E-state index in [-0.39, 0.29) is 5.91 Å². The molecule has 0 aliphatic rings. The molecule has 124 valence electrons. The minimum atomic E-state index is -0.0194. The van der Waals surface area contributed by atoms with Gasteiger partial charge in [0.05, 0.1) is 20.1 Å². The van der Waals surface area contributed by atoms with Gasteiger partial charge in [0.15, 0.2) is 0 Å². The lowest BCUT2D eigenvalue weighted by atomic mass is 10.1. The fourth-order valence-electron chi connectivity index (χ4n) is 2.56. The first kappa shape index (κ1) is 15.9. The van der Waals surface area contributed by atoms with E-state index in [9.17, 15) is 4.79 Å². The van der Waals surface area contributed by atoms with Crippen molar-refractivity contribution < 1.29 is 14.3 Å². The molecule has 3 rings (SSSR count). The normalized spacial score (nSPS) is 10.5. The van der Waals surface area contributed by atoms with E-state index in [0.29, 0.717) is 19.6 Å². The highest BCUT2D eigenvalue weighted by molar-refractivity contribution is 5.88. The van der Waals surface area contributed by atoms with Gasteiger partial charge < -0.3 is 19.8 Å². The number of methoxy groups -OCH3 is 1. The summed E-state index contributed by atoms with van der Waals surface area (Å²) in [5.41, 5.74) is 2.04. The van der Waals surface area contributed by atoms with E-state index in [1.165, 1.54) is 0 Å². The Morgan fingerprint density at radius 1 is 1.12 bits per heavy atom. The third kappa shape index (κ3) is 3.87. The van der Waals surface area contributed by atoms with Gasteiger partial charge in [0.25, 0.3) is 0 Å². The largest absolute Gasteiger partial charge is 0.497 e. The number of benzene rings is 2. The van der Waals surface area contributed by atoms with E-state index >= 15 is 0 Å². The van der Waals surface area contributed by atoms with Crippen LogP contribution in [0, 0.1) is 0 Å². The summed E-state index contributed by atoms with van der Waals surface area (Å²) in [6.07, 6.45) is 2.24. The van der Waals surface area contributed by atoms with Gasteiger partial charge in [0.1, 0.15) is 18.1 Å². The van der Waals surface area contributed by atoms with Crippen LogP contribution in [0.1, 0.15) is 5.56 Å². The Morgan fingerprint density at radius 3 is 2.83 bits per heavy atom. The molecule has 0 radical (unpaired) electrons. The highest BCUT2D eigenvalue weighted by Gasteiger charge is 2.08. The first-order valence-electron chi connectivity index (χ1n) is 7.85. The standard InChI is InChI=1S/C19H20N2O3/c1-23-15-5-4-6-16(12-15)24-10-9-20-19(22)11-14-13-21-18-8-3-2-7-17(14)18/h2-8,12-13,21H,9-11H2,1H3,(H,20,22). The summed E-state index contributed by atoms with van der Waals surface area (Å²) in [4.78, 5) is 15.2. The van der Waals surface area contributed by atoms with Gasteiger partial charge in [-0.25, -0.2) is 0 Å². The van der Waals surface area contributed by atoms with Crippen LogP contribution < -0.4 is 14.8 Å². The number of hydrogen-bond donors (Lipinski definition) is 2. The second kappa shape index (κ2) is 7.55. The molecule has 0 spiro atoms. The molecule has 2 aromatic carbocycles. The third-order valence-corrected chi connectivity index (χ3v) is 3.76. The van der Waals surface area contributed by atoms with Crippen molar-refractivity contribution in [3.63, 3.8) is 0 Å². The zero-order valence-corrected chi connectivity index (χ0v) is 13.5. The number of carbonyl (C=O) groups is 1. The Balaban J connectivity index is 1.46. The number of para-hydroxylation sites is 1. The fourth-order valence-corrected chi connectivity index (χ4v) is 2.56. The van der Waals surface area contributed by atoms with Crippen molar-refractivity contribution in [1.29, 1.82) is 0 Å². The Morgan fingerprint density at radius 2 is 1.96 bits per heavy atom. The first-order valence-corrected chi connectivity index (χ1v) is 7.85. The molecule has 2 N–H and O–H groups in total. The summed E-state index contributed by atoms with van der Waals surface area (Å²) in [7, 11) is 1.62. The lowest BCUT2D eigenvalue weighted by Crippen LogP contribution is -2.29. The summed E-state index contributed by atoms with van der Waals surface area (Å²) >= 11 is 0. The smallest absolute Gasteiger partial charge is 0.224 e. The number of ether oxygens (including phenoxy) is 2. The predicted octanol–water partition coefficient (Wildman–Crippen LogP) is 2.91. The zero-order valence-electron chi connectivity index (χ0n) is 13.5. The molecule has 0 fully saturated rings. The summed E-state index contributed by atoms with van der Waals surface area (Å²) in [5.74, 6) is 1.45. The van der Waals surface area contributed by atoms with Crippen LogP contribution in [0.4, 0.5) is 0 Å². The summed E-state index contributed by atoms with van der Waals surface area (Å²) in [6.45, 7) is 0.866. The number of hydrogen-bond acceptors (Lipinski definition) is 3. The van der Waals surface area contributed by atoms with Gasteiger partial charge in [0, 0.05) is 23.2 Å². The van der Waals surface area contributed by atoms with Crippen molar-refractivity contribution in [1.82, 2.24) is 10.3 Å². The third-order valence-electron chi connectivity index (χ3n) is 3.76. The van der Waals surface area contributed by atoms with Gasteiger partial charge in [-0.2, -0.15) is 0 Å². The molecule has 0 aliphatic heterocycles. The van der Waals surface area contributed by atoms with Crippen LogP contribution in [-0.2, 0) is 11.2 Å². The maximum absolute atomic E-state index is 12.1. The highest BCUT2D eigenvalue weighted by atomic mass is 16.5. The van der Waals surface area contributed by atoms with Gasteiger partial charge >= 0.3 is 0 Å². The van der Waals surface area contributed by atoms with Gasteiger partial charge in [-0.1, -0.05) is 24.3 Å². The van der Waals surface area contributed by atoms with Crippen LogP contribution >= 0.6 is 0 Å². The lowest BCUT2D eigenvalue weighted by molar-refractivity contribution is -0.120. The van der Waals surface area contributed by atoms with Gasteiger partial charge in [0.2, 0.25) is 5.91 Å². The maximum Gasteiger partial charge on any atom is 0.224 e. The van der Waals surface area contributed by atoms with Crippen LogP contribution in [0.3, 0.4) is 0 Å². The first-order chi connectivity index (χ1) is 11.8. The van der Waals surface area contributed by atoms with Crippen LogP contribution in [0.2, 0.25) is 0 Å². The maximum atomic E-state index is 12.1. The number of amides is 1. The van der Waals surface area contributed by atoms with Crippen molar-refractivity contribution in [3.05, 3.63) is 60.3 Å². The average Bonchev–Trinajstić information content (AvgIpc) is 3.02. The van der Waals surface area contributed by atoms with E-state index in [4.69, 9.17) is 9.47 Å². The number of carbonyl (C=O) groups excluding carboxylic acids is 1. The molecule has 0 bridgehead atoms. The number of aromatic amines is 1. The Bertz CT molecular complexity index is 826. The summed E-state index contributed by atoms with van der Waals surface area (Å²) in [6, 6.07) is 15.3. The molecule has 5 nitrogen and oxygen atoms in total. The Kier molecular flexibility index (Phi) is 5.01. The molecule has 0 saturated carbocycles. The van der Waals surface area contributed by atoms with Crippen molar-refractivity contribution in [2.75, 3.05) is 20.3 Å². The van der Waals surface area contributed by atoms with Crippen LogP contribution in [0.25, 0.3) is 10.9 Å². The Labute approximate surface area is 140 Å². The number of fused-ring (bicyclic) bond motifs is 1. The molecule has 3 aromatic rings. The Hall–Kier alpha value is -2.95. The molecule has 0 atom stereocenters. The van der Waals surface area contributed by atoms with E-state index in [1.54, 1.807) is 7.11 Å². The lowest BCUT2D eigenvalue weighted by Gasteiger charge is -2.08. The zero-order chi connectivity index (χ0) is 16.8. The SMILES string of the molecule is COc1cccc(OCCNC(=O)Cc2c[nH]c3ccccc23)c1. The van der Waals surface area contributed by atoms with Crippen molar-refractivity contribution in [2.24, 2.45) is 0 Å². The molecule has 1 heterocycles. The highest BCUT2D eigenvalue weighted by Crippen LogP contribution is 2.19. The number of aromatic nitrogens is 1. The fraction of sp³-hybridized carbons (Fsp3) is 0.211. The monoisotopic (exact) mass is 324 g/mol. The van der Waals surface area contributed by atoms with E-state index in [1.807, 2.05) is 54.7 Å². The van der Waals surface area contributed by atoms with Crippen molar-refractivity contribution >= 4 is 16.8 Å². The van der Waals surface area contributed by atoms with Crippen molar-refractivity contribution in [3.8, 4) is 11.5 Å². The van der Waals surface area contributed by atoms with E-state index in [2.05, 4.69) is 10.3 Å². The van der Waals surface area contributed by atoms with Crippen molar-refractivity contribution in [2.45, 2.75) is 6.42 Å². The molecule has 0 aliphatic carbocycles. The molecule has 1 aromatic heterocycles. The quantitative estimate of drug-likeness (QED) is 0.657. The van der Waals surface area contributed by atoms with E-state index in [0.717, 1.165) is 28.0 Å². The van der Waals surface area contributed by atoms with Gasteiger partial charge in [-0.05, 0) is 23.8 Å². The summed E-state index contributed by atoms with van der Waals surface area (Å²) < 4.78 is 10.7. The van der Waals surface area contributed by atoms with Gasteiger partial charge in [-0.15, -0.1) is 0 Å². The van der Waals surface area contributed by atoms with Gasteiger partial charge in [-0.3, -0.25) is 4.79 Å². The molecular weight excluding hydrogens is 304 g/mol. The molecule has 1 amide bonds. The second-order valence-electron chi connectivity index (χ2n) is 5.41. The topological polar surface area (TPSA) is 63.4 Å². The number of H-pyrrole nitrogens is 1. The number of rotatable bonds is 7.